The number of likely N-dealkylation sites (tertiary alicyclic amines) is 1. The lowest BCUT2D eigenvalue weighted by Crippen LogP contribution is -2.45. The quantitative estimate of drug-likeness (QED) is 0.330. The van der Waals surface area contributed by atoms with Gasteiger partial charge in [0.2, 0.25) is 0 Å². The number of halogens is 1. The molecular weight excluding hydrogens is 386 g/mol. The van der Waals surface area contributed by atoms with Crippen LogP contribution in [0.25, 0.3) is 0 Å². The van der Waals surface area contributed by atoms with E-state index in [0.29, 0.717) is 13.1 Å². The van der Waals surface area contributed by atoms with Gasteiger partial charge in [-0.2, -0.15) is 0 Å². The molecule has 0 aliphatic carbocycles. The number of nitro benzene ring substituents is 1. The summed E-state index contributed by atoms with van der Waals surface area (Å²) in [5.41, 5.74) is -0.844. The first-order valence-corrected chi connectivity index (χ1v) is 9.21. The molecule has 1 amide bonds. The Morgan fingerprint density at radius 3 is 2.50 bits per heavy atom. The zero-order valence-corrected chi connectivity index (χ0v) is 15.7. The van der Waals surface area contributed by atoms with Crippen molar-refractivity contribution in [3.05, 3.63) is 73.6 Å². The largest absolute Gasteiger partial charge is 0.340 e. The minimum absolute atomic E-state index is 0.0172. The van der Waals surface area contributed by atoms with Crippen molar-refractivity contribution in [3.8, 4) is 0 Å². The third-order valence-electron chi connectivity index (χ3n) is 4.67. The van der Waals surface area contributed by atoms with Gasteiger partial charge in [0.05, 0.1) is 9.95 Å². The molecular formula is C19H18ClN3O5. The number of piperidine rings is 1. The number of amides is 1. The molecule has 0 saturated carbocycles. The second-order valence-corrected chi connectivity index (χ2v) is 6.99. The maximum absolute atomic E-state index is 13.2. The van der Waals surface area contributed by atoms with Crippen LogP contribution in [0.5, 0.6) is 0 Å². The summed E-state index contributed by atoms with van der Waals surface area (Å²) in [5.74, 6) is -1.20. The van der Waals surface area contributed by atoms with E-state index in [0.717, 1.165) is 29.9 Å². The summed E-state index contributed by atoms with van der Waals surface area (Å²) in [6.07, 6.45) is 3.86. The van der Waals surface area contributed by atoms with Crippen molar-refractivity contribution in [2.75, 3.05) is 13.1 Å². The fourth-order valence-electron chi connectivity index (χ4n) is 3.25. The van der Waals surface area contributed by atoms with Gasteiger partial charge in [-0.3, -0.25) is 29.1 Å². The molecule has 0 bridgehead atoms. The van der Waals surface area contributed by atoms with Crippen molar-refractivity contribution >= 4 is 29.0 Å². The number of hydrogen-bond acceptors (Lipinski definition) is 5. The van der Waals surface area contributed by atoms with Crippen LogP contribution in [0.4, 0.5) is 5.69 Å². The maximum atomic E-state index is 13.2. The lowest BCUT2D eigenvalue weighted by molar-refractivity contribution is -0.384. The predicted molar refractivity (Wildman–Crippen MR) is 103 cm³/mol. The molecule has 28 heavy (non-hydrogen) atoms. The van der Waals surface area contributed by atoms with Crippen LogP contribution in [0.2, 0.25) is 5.02 Å². The highest BCUT2D eigenvalue weighted by atomic mass is 35.5. The third kappa shape index (κ3) is 4.12. The van der Waals surface area contributed by atoms with Gasteiger partial charge in [-0.05, 0) is 25.3 Å². The summed E-state index contributed by atoms with van der Waals surface area (Å²) in [7, 11) is 0. The van der Waals surface area contributed by atoms with Gasteiger partial charge in [0.1, 0.15) is 0 Å². The Morgan fingerprint density at radius 1 is 1.11 bits per heavy atom. The molecule has 0 spiro atoms. The molecule has 146 valence electrons. The fraction of sp³-hybridized carbons (Fsp3) is 0.316. The smallest absolute Gasteiger partial charge is 0.270 e. The van der Waals surface area contributed by atoms with E-state index in [9.17, 15) is 24.5 Å². The van der Waals surface area contributed by atoms with Crippen LogP contribution in [0.15, 0.2) is 47.4 Å². The van der Waals surface area contributed by atoms with Crippen molar-refractivity contribution in [1.82, 2.24) is 9.47 Å². The first kappa shape index (κ1) is 19.8. The summed E-state index contributed by atoms with van der Waals surface area (Å²) >= 11 is 5.98. The highest BCUT2D eigenvalue weighted by molar-refractivity contribution is 6.30. The van der Waals surface area contributed by atoms with Gasteiger partial charge >= 0.3 is 0 Å². The Hall–Kier alpha value is -3.00. The average Bonchev–Trinajstić information content (AvgIpc) is 2.71. The van der Waals surface area contributed by atoms with Gasteiger partial charge in [0.15, 0.2) is 11.8 Å². The number of nitrogens with zero attached hydrogens (tertiary/aromatic N) is 3. The second kappa shape index (κ2) is 8.35. The first-order chi connectivity index (χ1) is 13.4. The number of pyridine rings is 1. The summed E-state index contributed by atoms with van der Waals surface area (Å²) in [4.78, 5) is 50.7. The Morgan fingerprint density at radius 2 is 1.82 bits per heavy atom. The molecule has 9 heteroatoms. The Labute approximate surface area is 165 Å². The number of carbonyl (C=O) groups is 2. The van der Waals surface area contributed by atoms with Crippen molar-refractivity contribution in [2.24, 2.45) is 0 Å². The molecule has 8 nitrogen and oxygen atoms in total. The second-order valence-electron chi connectivity index (χ2n) is 6.55. The van der Waals surface area contributed by atoms with E-state index in [1.54, 1.807) is 4.90 Å². The number of hydrogen-bond donors (Lipinski definition) is 0. The molecule has 1 saturated heterocycles. The van der Waals surface area contributed by atoms with Gasteiger partial charge < -0.3 is 4.90 Å². The summed E-state index contributed by atoms with van der Waals surface area (Å²) < 4.78 is 1.00. The molecule has 3 rings (SSSR count). The van der Waals surface area contributed by atoms with E-state index in [1.165, 1.54) is 36.5 Å². The summed E-state index contributed by atoms with van der Waals surface area (Å²) in [6, 6.07) is 6.21. The SMILES string of the molecule is O=C(c1cccc([N+](=O)[O-])c1)[C@H](C(=O)N1CCCCC1)n1cc(Cl)ccc1=O. The van der Waals surface area contributed by atoms with Gasteiger partial charge in [-0.15, -0.1) is 0 Å². The van der Waals surface area contributed by atoms with Crippen molar-refractivity contribution in [1.29, 1.82) is 0 Å². The van der Waals surface area contributed by atoms with E-state index in [4.69, 9.17) is 11.6 Å². The minimum Gasteiger partial charge on any atom is -0.340 e. The molecule has 2 heterocycles. The number of aromatic nitrogens is 1. The molecule has 1 fully saturated rings. The number of carbonyl (C=O) groups excluding carboxylic acids is 2. The fourth-order valence-corrected chi connectivity index (χ4v) is 3.42. The average molecular weight is 404 g/mol. The standard InChI is InChI=1S/C19H18ClN3O5/c20-14-7-8-16(24)22(12-14)17(19(26)21-9-2-1-3-10-21)18(25)13-5-4-6-15(11-13)23(27)28/h4-8,11-12,17H,1-3,9-10H2/t17-/m1/s1. The lowest BCUT2D eigenvalue weighted by atomic mass is 10.0. The van der Waals surface area contributed by atoms with Crippen molar-refractivity contribution in [3.63, 3.8) is 0 Å². The highest BCUT2D eigenvalue weighted by Gasteiger charge is 2.34. The summed E-state index contributed by atoms with van der Waals surface area (Å²) in [6.45, 7) is 0.986. The van der Waals surface area contributed by atoms with Crippen LogP contribution in [0, 0.1) is 10.1 Å². The van der Waals surface area contributed by atoms with Crippen molar-refractivity contribution < 1.29 is 14.5 Å². The molecule has 2 aromatic rings. The predicted octanol–water partition coefficient (Wildman–Crippen LogP) is 2.85. The number of rotatable bonds is 5. The van der Waals surface area contributed by atoms with Gasteiger partial charge in [0, 0.05) is 43.0 Å². The normalized spacial score (nSPS) is 15.1. The molecule has 1 aromatic carbocycles. The van der Waals surface area contributed by atoms with E-state index in [1.807, 2.05) is 0 Å². The number of Topliss-reactive ketones (excluding diaryl/α,β-unsaturated/α-hetero) is 1. The number of non-ortho nitro benzene ring substituents is 1. The molecule has 0 unspecified atom stereocenters. The number of ketones is 1. The topological polar surface area (TPSA) is 103 Å². The Bertz CT molecular complexity index is 982. The van der Waals surface area contributed by atoms with E-state index in [2.05, 4.69) is 0 Å². The monoisotopic (exact) mass is 403 g/mol. The Kier molecular flexibility index (Phi) is 5.89. The Balaban J connectivity index is 2.07. The molecule has 0 N–H and O–H groups in total. The van der Waals surface area contributed by atoms with E-state index in [-0.39, 0.29) is 16.3 Å². The van der Waals surface area contributed by atoms with Crippen LogP contribution in [0.1, 0.15) is 35.7 Å². The maximum Gasteiger partial charge on any atom is 0.270 e. The van der Waals surface area contributed by atoms with Crippen LogP contribution in [0.3, 0.4) is 0 Å². The highest BCUT2D eigenvalue weighted by Crippen LogP contribution is 2.23. The molecule has 1 aliphatic rings. The molecule has 0 radical (unpaired) electrons. The zero-order chi connectivity index (χ0) is 20.3. The number of benzene rings is 1. The first-order valence-electron chi connectivity index (χ1n) is 8.83. The van der Waals surface area contributed by atoms with Crippen molar-refractivity contribution in [2.45, 2.75) is 25.3 Å². The van der Waals surface area contributed by atoms with Crippen LogP contribution in [-0.2, 0) is 4.79 Å². The minimum atomic E-state index is -1.47. The molecule has 1 atom stereocenters. The van der Waals surface area contributed by atoms with Crippen LogP contribution in [-0.4, -0.2) is 39.2 Å². The van der Waals surface area contributed by atoms with Gasteiger partial charge in [-0.25, -0.2) is 0 Å². The zero-order valence-electron chi connectivity index (χ0n) is 14.9. The third-order valence-corrected chi connectivity index (χ3v) is 4.90. The van der Waals surface area contributed by atoms with Gasteiger partial charge in [-0.1, -0.05) is 23.7 Å². The van der Waals surface area contributed by atoms with E-state index >= 15 is 0 Å². The van der Waals surface area contributed by atoms with Crippen LogP contribution < -0.4 is 5.56 Å². The van der Waals surface area contributed by atoms with Crippen LogP contribution >= 0.6 is 11.6 Å². The number of nitro groups is 1. The molecule has 1 aliphatic heterocycles. The molecule has 1 aromatic heterocycles. The lowest BCUT2D eigenvalue weighted by Gasteiger charge is -2.30. The van der Waals surface area contributed by atoms with Gasteiger partial charge in [0.25, 0.3) is 17.2 Å². The van der Waals surface area contributed by atoms with E-state index < -0.39 is 28.2 Å². The summed E-state index contributed by atoms with van der Waals surface area (Å²) in [5, 5.41) is 11.2.